The Hall–Kier alpha value is -3.06. The molecule has 1 atom stereocenters. The molecule has 0 saturated heterocycles. The van der Waals surface area contributed by atoms with Crippen LogP contribution in [-0.4, -0.2) is 45.0 Å². The highest BCUT2D eigenvalue weighted by Crippen LogP contribution is 2.38. The number of pyridine rings is 1. The minimum Gasteiger partial charge on any atom is -0.481 e. The Kier molecular flexibility index (Phi) is 7.41. The number of amides is 1. The van der Waals surface area contributed by atoms with Gasteiger partial charge in [-0.3, -0.25) is 9.59 Å². The normalized spacial score (nSPS) is 15.3. The quantitative estimate of drug-likeness (QED) is 0.442. The van der Waals surface area contributed by atoms with E-state index in [0.29, 0.717) is 17.3 Å². The zero-order chi connectivity index (χ0) is 24.2. The molecule has 0 radical (unpaired) electrons. The summed E-state index contributed by atoms with van der Waals surface area (Å²) in [5.41, 5.74) is 2.77. The molecule has 7 nitrogen and oxygen atoms in total. The molecule has 4 rings (SSSR count). The molecule has 0 spiro atoms. The highest BCUT2D eigenvalue weighted by Gasteiger charge is 2.28. The van der Waals surface area contributed by atoms with Crippen LogP contribution in [-0.2, 0) is 11.8 Å². The number of aryl methyl sites for hydroxylation is 1. The van der Waals surface area contributed by atoms with Crippen LogP contribution in [0.2, 0.25) is 5.02 Å². The third-order valence-electron chi connectivity index (χ3n) is 6.80. The molecule has 0 aliphatic heterocycles. The lowest BCUT2D eigenvalue weighted by molar-refractivity contribution is -0.137. The summed E-state index contributed by atoms with van der Waals surface area (Å²) in [5.74, 6) is 0.0254. The fourth-order valence-corrected chi connectivity index (χ4v) is 5.07. The predicted octanol–water partition coefficient (Wildman–Crippen LogP) is 5.51. The number of carbonyl (C=O) groups is 2. The minimum atomic E-state index is -0.929. The number of halogens is 1. The average molecular weight is 483 g/mol. The van der Waals surface area contributed by atoms with E-state index in [4.69, 9.17) is 16.7 Å². The number of fused-ring (bicyclic) bond motifs is 1. The van der Waals surface area contributed by atoms with Crippen molar-refractivity contribution in [2.45, 2.75) is 44.6 Å². The second kappa shape index (κ2) is 10.5. The van der Waals surface area contributed by atoms with Crippen LogP contribution in [0.4, 0.5) is 5.82 Å². The van der Waals surface area contributed by atoms with Gasteiger partial charge in [-0.25, -0.2) is 4.98 Å². The van der Waals surface area contributed by atoms with Gasteiger partial charge in [-0.1, -0.05) is 30.9 Å². The standard InChI is InChI=1S/C26H31ClN4O3/c1-30(13-12-24(32)33)26(34)18-8-11-23(28-16-18)29-25(17-6-4-3-5-7-17)22-15-19-14-20(27)9-10-21(19)31(22)2/h8-11,14-17,25H,3-7,12-13H2,1-2H3,(H,28,29)(H,32,33). The molecule has 1 aliphatic rings. The van der Waals surface area contributed by atoms with Gasteiger partial charge >= 0.3 is 5.97 Å². The summed E-state index contributed by atoms with van der Waals surface area (Å²) in [7, 11) is 3.69. The lowest BCUT2D eigenvalue weighted by Crippen LogP contribution is -2.29. The summed E-state index contributed by atoms with van der Waals surface area (Å²) >= 11 is 6.24. The Morgan fingerprint density at radius 1 is 1.21 bits per heavy atom. The maximum absolute atomic E-state index is 12.6. The fourth-order valence-electron chi connectivity index (χ4n) is 4.89. The third-order valence-corrected chi connectivity index (χ3v) is 7.04. The first kappa shape index (κ1) is 24.1. The largest absolute Gasteiger partial charge is 0.481 e. The van der Waals surface area contributed by atoms with Crippen LogP contribution in [0.5, 0.6) is 0 Å². The van der Waals surface area contributed by atoms with Crippen molar-refractivity contribution in [3.05, 3.63) is 58.9 Å². The lowest BCUT2D eigenvalue weighted by Gasteiger charge is -2.32. The molecule has 0 bridgehead atoms. The monoisotopic (exact) mass is 482 g/mol. The van der Waals surface area contributed by atoms with Crippen LogP contribution in [0.15, 0.2) is 42.6 Å². The van der Waals surface area contributed by atoms with E-state index in [1.807, 2.05) is 18.2 Å². The van der Waals surface area contributed by atoms with Crippen molar-refractivity contribution in [2.24, 2.45) is 13.0 Å². The minimum absolute atomic E-state index is 0.0868. The van der Waals surface area contributed by atoms with Crippen molar-refractivity contribution in [1.82, 2.24) is 14.5 Å². The van der Waals surface area contributed by atoms with E-state index in [1.165, 1.54) is 29.9 Å². The Morgan fingerprint density at radius 2 is 1.97 bits per heavy atom. The number of anilines is 1. The van der Waals surface area contributed by atoms with E-state index in [-0.39, 0.29) is 24.9 Å². The Labute approximate surface area is 204 Å². The molecule has 1 saturated carbocycles. The first-order valence-electron chi connectivity index (χ1n) is 11.8. The predicted molar refractivity (Wildman–Crippen MR) is 134 cm³/mol. The second-order valence-corrected chi connectivity index (χ2v) is 9.59. The molecule has 1 aliphatic carbocycles. The molecule has 1 unspecified atom stereocenters. The number of aliphatic carboxylic acids is 1. The molecule has 3 aromatic rings. The van der Waals surface area contributed by atoms with Gasteiger partial charge in [0.1, 0.15) is 5.82 Å². The molecule has 1 amide bonds. The average Bonchev–Trinajstić information content (AvgIpc) is 3.16. The first-order valence-corrected chi connectivity index (χ1v) is 12.2. The lowest BCUT2D eigenvalue weighted by atomic mass is 9.82. The molecule has 1 aromatic carbocycles. The number of hydrogen-bond acceptors (Lipinski definition) is 4. The molecular formula is C26H31ClN4O3. The number of aromatic nitrogens is 2. The van der Waals surface area contributed by atoms with Gasteiger partial charge in [-0.15, -0.1) is 0 Å². The number of hydrogen-bond donors (Lipinski definition) is 2. The summed E-state index contributed by atoms with van der Waals surface area (Å²) in [6.07, 6.45) is 7.51. The zero-order valence-electron chi connectivity index (χ0n) is 19.6. The van der Waals surface area contributed by atoms with Gasteiger partial charge in [0.15, 0.2) is 0 Å². The van der Waals surface area contributed by atoms with Crippen LogP contribution < -0.4 is 5.32 Å². The van der Waals surface area contributed by atoms with Crippen LogP contribution >= 0.6 is 11.6 Å². The number of benzene rings is 1. The van der Waals surface area contributed by atoms with Crippen LogP contribution in [0.3, 0.4) is 0 Å². The van der Waals surface area contributed by atoms with E-state index in [0.717, 1.165) is 28.8 Å². The topological polar surface area (TPSA) is 87.5 Å². The molecular weight excluding hydrogens is 452 g/mol. The molecule has 2 N–H and O–H groups in total. The zero-order valence-corrected chi connectivity index (χ0v) is 20.4. The Morgan fingerprint density at radius 3 is 2.65 bits per heavy atom. The number of carbonyl (C=O) groups excluding carboxylic acids is 1. The van der Waals surface area contributed by atoms with Gasteiger partial charge in [0.05, 0.1) is 18.0 Å². The highest BCUT2D eigenvalue weighted by molar-refractivity contribution is 6.31. The fraction of sp³-hybridized carbons (Fsp3) is 0.423. The molecule has 1 fully saturated rings. The van der Waals surface area contributed by atoms with Crippen molar-refractivity contribution in [3.8, 4) is 0 Å². The number of rotatable bonds is 8. The smallest absolute Gasteiger partial charge is 0.305 e. The SMILES string of the molecule is CN(CCC(=O)O)C(=O)c1ccc(NC(c2cc3cc(Cl)ccc3n2C)C2CCCCC2)nc1. The molecule has 8 heteroatoms. The third kappa shape index (κ3) is 5.36. The van der Waals surface area contributed by atoms with Crippen molar-refractivity contribution in [2.75, 3.05) is 18.9 Å². The summed E-state index contributed by atoms with van der Waals surface area (Å²) < 4.78 is 2.23. The van der Waals surface area contributed by atoms with Crippen molar-refractivity contribution in [1.29, 1.82) is 0 Å². The van der Waals surface area contributed by atoms with Gasteiger partial charge in [0, 0.05) is 48.5 Å². The van der Waals surface area contributed by atoms with E-state index in [9.17, 15) is 9.59 Å². The second-order valence-electron chi connectivity index (χ2n) is 9.15. The van der Waals surface area contributed by atoms with Crippen LogP contribution in [0.25, 0.3) is 10.9 Å². The highest BCUT2D eigenvalue weighted by atomic mass is 35.5. The van der Waals surface area contributed by atoms with Gasteiger partial charge in [-0.05, 0) is 55.2 Å². The maximum Gasteiger partial charge on any atom is 0.305 e. The van der Waals surface area contributed by atoms with Crippen molar-refractivity contribution in [3.63, 3.8) is 0 Å². The molecule has 2 heterocycles. The van der Waals surface area contributed by atoms with Crippen LogP contribution in [0, 0.1) is 5.92 Å². The maximum atomic E-state index is 12.6. The van der Waals surface area contributed by atoms with Gasteiger partial charge in [0.2, 0.25) is 0 Å². The van der Waals surface area contributed by atoms with Gasteiger partial charge in [-0.2, -0.15) is 0 Å². The Balaban J connectivity index is 1.57. The molecule has 180 valence electrons. The number of nitrogens with one attached hydrogen (secondary N) is 1. The number of carboxylic acids is 1. The number of nitrogens with zero attached hydrogens (tertiary/aromatic N) is 3. The summed E-state index contributed by atoms with van der Waals surface area (Å²) in [6.45, 7) is 0.156. The molecule has 34 heavy (non-hydrogen) atoms. The summed E-state index contributed by atoms with van der Waals surface area (Å²) in [6, 6.07) is 11.8. The van der Waals surface area contributed by atoms with Gasteiger partial charge in [0.25, 0.3) is 5.91 Å². The Bertz CT molecular complexity index is 1170. The summed E-state index contributed by atoms with van der Waals surface area (Å²) in [4.78, 5) is 29.3. The van der Waals surface area contributed by atoms with Gasteiger partial charge < -0.3 is 19.9 Å². The van der Waals surface area contributed by atoms with E-state index in [2.05, 4.69) is 34.0 Å². The van der Waals surface area contributed by atoms with Crippen molar-refractivity contribution >= 4 is 40.2 Å². The van der Waals surface area contributed by atoms with E-state index < -0.39 is 5.97 Å². The van der Waals surface area contributed by atoms with Crippen LogP contribution in [0.1, 0.15) is 60.6 Å². The number of carboxylic acid groups (broad SMARTS) is 1. The van der Waals surface area contributed by atoms with Crippen molar-refractivity contribution < 1.29 is 14.7 Å². The van der Waals surface area contributed by atoms with E-state index in [1.54, 1.807) is 19.3 Å². The van der Waals surface area contributed by atoms with E-state index >= 15 is 0 Å². The first-order chi connectivity index (χ1) is 16.3. The molecule has 2 aromatic heterocycles. The summed E-state index contributed by atoms with van der Waals surface area (Å²) in [5, 5.41) is 14.3.